The highest BCUT2D eigenvalue weighted by Crippen LogP contribution is 2.27. The van der Waals surface area contributed by atoms with Crippen molar-refractivity contribution in [3.8, 4) is 0 Å². The van der Waals surface area contributed by atoms with E-state index >= 15 is 0 Å². The van der Waals surface area contributed by atoms with E-state index in [9.17, 15) is 5.11 Å². The molecule has 3 N–H and O–H groups in total. The molecule has 120 valence electrons. The number of nitrogens with two attached hydrogens (primary N) is 1. The topological polar surface area (TPSA) is 55.1 Å². The minimum Gasteiger partial charge on any atom is -0.385 e. The molecule has 4 heteroatoms. The lowest BCUT2D eigenvalue weighted by Gasteiger charge is -2.13. The monoisotopic (exact) mass is 318 g/mol. The number of fused-ring (bicyclic) bond motifs is 2. The van der Waals surface area contributed by atoms with E-state index in [1.54, 1.807) is 0 Å². The van der Waals surface area contributed by atoms with E-state index < -0.39 is 6.10 Å². The Morgan fingerprint density at radius 2 is 1.71 bits per heavy atom. The Balaban J connectivity index is 1.79. The molecule has 0 aliphatic heterocycles. The Labute approximate surface area is 140 Å². The van der Waals surface area contributed by atoms with E-state index in [1.165, 1.54) is 0 Å². The average Bonchev–Trinajstić information content (AvgIpc) is 2.86. The maximum Gasteiger partial charge on any atom is 0.355 e. The number of imidazole rings is 1. The highest BCUT2D eigenvalue weighted by molar-refractivity contribution is 5.86. The van der Waals surface area contributed by atoms with Crippen LogP contribution in [0.5, 0.6) is 0 Å². The molecule has 4 aromatic rings. The molecule has 1 aromatic heterocycles. The van der Waals surface area contributed by atoms with Gasteiger partial charge in [0, 0.05) is 0 Å². The molecule has 0 spiro atoms. The van der Waals surface area contributed by atoms with Crippen molar-refractivity contribution in [2.45, 2.75) is 12.6 Å². The van der Waals surface area contributed by atoms with E-state index in [2.05, 4.69) is 12.1 Å². The van der Waals surface area contributed by atoms with Crippen molar-refractivity contribution in [2.75, 3.05) is 5.73 Å². The fraction of sp³-hybridized carbons (Fsp3) is 0.150. The zero-order chi connectivity index (χ0) is 16.7. The molecule has 0 amide bonds. The van der Waals surface area contributed by atoms with Gasteiger partial charge in [0.15, 0.2) is 0 Å². The second-order valence-electron chi connectivity index (χ2n) is 6.10. The highest BCUT2D eigenvalue weighted by Gasteiger charge is 2.22. The van der Waals surface area contributed by atoms with Gasteiger partial charge in [-0.1, -0.05) is 54.6 Å². The second-order valence-corrected chi connectivity index (χ2v) is 6.10. The third-order valence-corrected chi connectivity index (χ3v) is 4.69. The highest BCUT2D eigenvalue weighted by atomic mass is 16.3. The van der Waals surface area contributed by atoms with Crippen LogP contribution in [0.1, 0.15) is 11.7 Å². The molecule has 0 radical (unpaired) electrons. The zero-order valence-corrected chi connectivity index (χ0v) is 13.6. The molecule has 0 unspecified atom stereocenters. The van der Waals surface area contributed by atoms with Crippen LogP contribution in [-0.2, 0) is 13.6 Å². The maximum absolute atomic E-state index is 10.9. The smallest absolute Gasteiger partial charge is 0.355 e. The van der Waals surface area contributed by atoms with E-state index in [0.29, 0.717) is 12.5 Å². The second kappa shape index (κ2) is 5.65. The quantitative estimate of drug-likeness (QED) is 0.571. The first-order chi connectivity index (χ1) is 11.7. The van der Waals surface area contributed by atoms with Gasteiger partial charge in [0.2, 0.25) is 0 Å². The third kappa shape index (κ3) is 2.23. The van der Waals surface area contributed by atoms with Crippen LogP contribution in [0.25, 0.3) is 21.8 Å². The molecule has 1 atom stereocenters. The zero-order valence-electron chi connectivity index (χ0n) is 13.6. The van der Waals surface area contributed by atoms with Crippen molar-refractivity contribution in [1.82, 2.24) is 4.57 Å². The maximum atomic E-state index is 10.9. The summed E-state index contributed by atoms with van der Waals surface area (Å²) in [6, 6.07) is 22.2. The molecule has 0 fully saturated rings. The lowest BCUT2D eigenvalue weighted by atomic mass is 10.0. The molecule has 0 aliphatic carbocycles. The first-order valence-electron chi connectivity index (χ1n) is 8.05. The molecule has 3 aromatic carbocycles. The molecule has 0 saturated carbocycles. The molecule has 4 rings (SSSR count). The fourth-order valence-electron chi connectivity index (χ4n) is 3.41. The van der Waals surface area contributed by atoms with Crippen molar-refractivity contribution in [3.63, 3.8) is 0 Å². The number of nitrogens with zero attached hydrogens (tertiary/aromatic N) is 2. The molecular weight excluding hydrogens is 298 g/mol. The summed E-state index contributed by atoms with van der Waals surface area (Å²) in [5.74, 6) is 0.635. The van der Waals surface area contributed by atoms with Crippen LogP contribution in [0.3, 0.4) is 0 Å². The van der Waals surface area contributed by atoms with Crippen LogP contribution >= 0.6 is 0 Å². The Bertz CT molecular complexity index is 1030. The summed E-state index contributed by atoms with van der Waals surface area (Å²) < 4.78 is 3.92. The van der Waals surface area contributed by atoms with Gasteiger partial charge in [-0.05, 0) is 28.5 Å². The van der Waals surface area contributed by atoms with Crippen LogP contribution in [0.2, 0.25) is 0 Å². The van der Waals surface area contributed by atoms with Gasteiger partial charge in [-0.25, -0.2) is 9.13 Å². The number of para-hydroxylation sites is 2. The van der Waals surface area contributed by atoms with Crippen molar-refractivity contribution < 1.29 is 9.67 Å². The predicted octanol–water partition coefficient (Wildman–Crippen LogP) is 2.93. The first-order valence-corrected chi connectivity index (χ1v) is 8.05. The molecule has 4 nitrogen and oxygen atoms in total. The summed E-state index contributed by atoms with van der Waals surface area (Å²) in [5, 5.41) is 13.1. The van der Waals surface area contributed by atoms with Crippen molar-refractivity contribution in [1.29, 1.82) is 0 Å². The first kappa shape index (κ1) is 14.7. The lowest BCUT2D eigenvalue weighted by molar-refractivity contribution is -0.630. The van der Waals surface area contributed by atoms with Gasteiger partial charge in [-0.15, -0.1) is 0 Å². The predicted molar refractivity (Wildman–Crippen MR) is 96.4 cm³/mol. The molecule has 1 heterocycles. The average molecular weight is 318 g/mol. The van der Waals surface area contributed by atoms with Crippen molar-refractivity contribution in [2.24, 2.45) is 7.05 Å². The molecule has 0 bridgehead atoms. The summed E-state index contributed by atoms with van der Waals surface area (Å²) in [4.78, 5) is 0. The number of aliphatic hydroxyl groups excluding tert-OH is 1. The Kier molecular flexibility index (Phi) is 3.47. The number of rotatable bonds is 3. The van der Waals surface area contributed by atoms with E-state index in [-0.39, 0.29) is 0 Å². The number of aromatic nitrogens is 2. The summed E-state index contributed by atoms with van der Waals surface area (Å²) in [6.45, 7) is 0.418. The lowest BCUT2D eigenvalue weighted by Crippen LogP contribution is -2.31. The standard InChI is InChI=1S/C20H19N3O/c1-22-17-11-4-5-12-18(17)23(20(22)21)13-19(24)16-10-6-8-14-7-2-3-9-15(14)16/h2-12,19,21,24H,13H2,1H3/p+1/t19-/m1/s1. The molecule has 24 heavy (non-hydrogen) atoms. The van der Waals surface area contributed by atoms with Crippen molar-refractivity contribution in [3.05, 3.63) is 72.3 Å². The van der Waals surface area contributed by atoms with Crippen LogP contribution in [-0.4, -0.2) is 9.67 Å². The van der Waals surface area contributed by atoms with E-state index in [0.717, 1.165) is 27.4 Å². The Hall–Kier alpha value is -2.85. The minimum absolute atomic E-state index is 0.418. The van der Waals surface area contributed by atoms with Gasteiger partial charge in [0.25, 0.3) is 0 Å². The normalized spacial score (nSPS) is 12.8. The van der Waals surface area contributed by atoms with Crippen LogP contribution in [0.15, 0.2) is 66.7 Å². The summed E-state index contributed by atoms with van der Waals surface area (Å²) in [6.07, 6.45) is -0.630. The molecule has 0 saturated heterocycles. The molecular formula is C20H20N3O+. The van der Waals surface area contributed by atoms with Crippen LogP contribution in [0, 0.1) is 0 Å². The number of anilines is 1. The van der Waals surface area contributed by atoms with E-state index in [1.807, 2.05) is 70.8 Å². The Morgan fingerprint density at radius 3 is 2.58 bits per heavy atom. The molecule has 0 aliphatic rings. The largest absolute Gasteiger partial charge is 0.385 e. The van der Waals surface area contributed by atoms with Crippen LogP contribution in [0.4, 0.5) is 5.95 Å². The number of aliphatic hydroxyl groups is 1. The van der Waals surface area contributed by atoms with Gasteiger partial charge >= 0.3 is 5.95 Å². The number of hydrogen-bond acceptors (Lipinski definition) is 2. The van der Waals surface area contributed by atoms with Gasteiger partial charge in [0.1, 0.15) is 23.7 Å². The fourth-order valence-corrected chi connectivity index (χ4v) is 3.41. The number of nitrogen functional groups attached to an aromatic ring is 1. The third-order valence-electron chi connectivity index (χ3n) is 4.69. The summed E-state index contributed by atoms with van der Waals surface area (Å²) in [7, 11) is 1.94. The van der Waals surface area contributed by atoms with Crippen molar-refractivity contribution >= 4 is 27.8 Å². The van der Waals surface area contributed by atoms with Gasteiger partial charge < -0.3 is 5.11 Å². The Morgan fingerprint density at radius 1 is 1.00 bits per heavy atom. The minimum atomic E-state index is -0.630. The van der Waals surface area contributed by atoms with Crippen LogP contribution < -0.4 is 10.3 Å². The van der Waals surface area contributed by atoms with Gasteiger partial charge in [-0.2, -0.15) is 0 Å². The SMILES string of the molecule is C[n+]1c(N)n(C[C@@H](O)c2cccc3ccccc23)c2ccccc21. The number of aryl methyl sites for hydroxylation is 1. The summed E-state index contributed by atoms with van der Waals surface area (Å²) >= 11 is 0. The van der Waals surface area contributed by atoms with E-state index in [4.69, 9.17) is 5.73 Å². The van der Waals surface area contributed by atoms with Gasteiger partial charge in [-0.3, -0.25) is 5.73 Å². The number of hydrogen-bond donors (Lipinski definition) is 2. The van der Waals surface area contributed by atoms with Gasteiger partial charge in [0.05, 0.1) is 7.05 Å². The number of benzene rings is 3. The summed E-state index contributed by atoms with van der Waals surface area (Å²) in [5.41, 5.74) is 9.27.